The molecule has 0 radical (unpaired) electrons. The number of amides is 1. The predicted octanol–water partition coefficient (Wildman–Crippen LogP) is 2.85. The van der Waals surface area contributed by atoms with Gasteiger partial charge in [0, 0.05) is 18.2 Å². The summed E-state index contributed by atoms with van der Waals surface area (Å²) in [6, 6.07) is 6.03. The highest BCUT2D eigenvalue weighted by Crippen LogP contribution is 2.28. The first-order valence-electron chi connectivity index (χ1n) is 6.92. The average molecular weight is 343 g/mol. The van der Waals surface area contributed by atoms with Gasteiger partial charge in [0.2, 0.25) is 0 Å². The van der Waals surface area contributed by atoms with E-state index in [1.807, 2.05) is 32.2 Å². The van der Waals surface area contributed by atoms with Crippen molar-refractivity contribution in [2.45, 2.75) is 39.3 Å². The number of nitrogens with one attached hydrogen (secondary N) is 2. The SMILES string of the molecule is CCCC(C)NC(=O)COc1c(Br)cccc1CNC. The largest absolute Gasteiger partial charge is 0.482 e. The topological polar surface area (TPSA) is 50.4 Å². The van der Waals surface area contributed by atoms with Crippen molar-refractivity contribution in [3.63, 3.8) is 0 Å². The lowest BCUT2D eigenvalue weighted by atomic mass is 10.2. The van der Waals surface area contributed by atoms with Gasteiger partial charge in [-0.2, -0.15) is 0 Å². The first-order chi connectivity index (χ1) is 9.58. The highest BCUT2D eigenvalue weighted by atomic mass is 79.9. The van der Waals surface area contributed by atoms with E-state index in [1.165, 1.54) is 0 Å². The lowest BCUT2D eigenvalue weighted by Gasteiger charge is -2.15. The molecular weight excluding hydrogens is 320 g/mol. The molecule has 1 rings (SSSR count). The Hall–Kier alpha value is -1.07. The summed E-state index contributed by atoms with van der Waals surface area (Å²) in [7, 11) is 1.88. The maximum absolute atomic E-state index is 11.8. The smallest absolute Gasteiger partial charge is 0.258 e. The Labute approximate surface area is 129 Å². The van der Waals surface area contributed by atoms with Crippen LogP contribution in [0.2, 0.25) is 0 Å². The average Bonchev–Trinajstić information content (AvgIpc) is 2.38. The number of para-hydroxylation sites is 1. The van der Waals surface area contributed by atoms with Gasteiger partial charge in [-0.3, -0.25) is 4.79 Å². The van der Waals surface area contributed by atoms with Crippen LogP contribution < -0.4 is 15.4 Å². The minimum Gasteiger partial charge on any atom is -0.482 e. The summed E-state index contributed by atoms with van der Waals surface area (Å²) >= 11 is 3.46. The molecule has 1 amide bonds. The van der Waals surface area contributed by atoms with E-state index >= 15 is 0 Å². The minimum absolute atomic E-state index is 0.0351. The maximum Gasteiger partial charge on any atom is 0.258 e. The van der Waals surface area contributed by atoms with Gasteiger partial charge >= 0.3 is 0 Å². The summed E-state index contributed by atoms with van der Waals surface area (Å²) in [5, 5.41) is 6.01. The van der Waals surface area contributed by atoms with E-state index in [0.29, 0.717) is 6.54 Å². The van der Waals surface area contributed by atoms with Gasteiger partial charge in [-0.15, -0.1) is 0 Å². The number of carbonyl (C=O) groups is 1. The van der Waals surface area contributed by atoms with Crippen molar-refractivity contribution in [2.24, 2.45) is 0 Å². The second kappa shape index (κ2) is 8.97. The molecule has 0 fully saturated rings. The van der Waals surface area contributed by atoms with Gasteiger partial charge in [0.05, 0.1) is 4.47 Å². The van der Waals surface area contributed by atoms with Crippen LogP contribution in [0.3, 0.4) is 0 Å². The fourth-order valence-corrected chi connectivity index (χ4v) is 2.53. The van der Waals surface area contributed by atoms with Gasteiger partial charge < -0.3 is 15.4 Å². The van der Waals surface area contributed by atoms with E-state index in [-0.39, 0.29) is 18.6 Å². The molecule has 0 bridgehead atoms. The Morgan fingerprint density at radius 2 is 2.20 bits per heavy atom. The minimum atomic E-state index is -0.0860. The van der Waals surface area contributed by atoms with Gasteiger partial charge in [0.25, 0.3) is 5.91 Å². The maximum atomic E-state index is 11.8. The second-order valence-corrected chi connectivity index (χ2v) is 5.66. The molecule has 0 aliphatic carbocycles. The van der Waals surface area contributed by atoms with E-state index in [4.69, 9.17) is 4.74 Å². The number of hydrogen-bond donors (Lipinski definition) is 2. The third-order valence-electron chi connectivity index (χ3n) is 2.89. The van der Waals surface area contributed by atoms with Crippen LogP contribution in [-0.4, -0.2) is 25.6 Å². The summed E-state index contributed by atoms with van der Waals surface area (Å²) in [5.41, 5.74) is 1.02. The normalized spacial score (nSPS) is 12.0. The summed E-state index contributed by atoms with van der Waals surface area (Å²) in [6.45, 7) is 4.84. The fourth-order valence-electron chi connectivity index (χ4n) is 2.00. The van der Waals surface area contributed by atoms with E-state index in [2.05, 4.69) is 33.5 Å². The van der Waals surface area contributed by atoms with E-state index < -0.39 is 0 Å². The molecule has 0 spiro atoms. The predicted molar refractivity (Wildman–Crippen MR) is 84.9 cm³/mol. The van der Waals surface area contributed by atoms with Crippen LogP contribution in [0.15, 0.2) is 22.7 Å². The third kappa shape index (κ3) is 5.51. The standard InChI is InChI=1S/C15H23BrN2O2/c1-4-6-11(2)18-14(19)10-20-15-12(9-17-3)7-5-8-13(15)16/h5,7-8,11,17H,4,6,9-10H2,1-3H3,(H,18,19). The van der Waals surface area contributed by atoms with Crippen LogP contribution in [-0.2, 0) is 11.3 Å². The molecule has 1 aromatic carbocycles. The Bertz CT molecular complexity index is 438. The highest BCUT2D eigenvalue weighted by molar-refractivity contribution is 9.10. The zero-order valence-electron chi connectivity index (χ0n) is 12.3. The van der Waals surface area contributed by atoms with Crippen molar-refractivity contribution in [2.75, 3.05) is 13.7 Å². The fraction of sp³-hybridized carbons (Fsp3) is 0.533. The van der Waals surface area contributed by atoms with Crippen LogP contribution in [0.4, 0.5) is 0 Å². The van der Waals surface area contributed by atoms with Crippen molar-refractivity contribution in [1.29, 1.82) is 0 Å². The van der Waals surface area contributed by atoms with Gasteiger partial charge in [0.1, 0.15) is 5.75 Å². The van der Waals surface area contributed by atoms with E-state index in [9.17, 15) is 4.79 Å². The van der Waals surface area contributed by atoms with Gasteiger partial charge in [0.15, 0.2) is 6.61 Å². The van der Waals surface area contributed by atoms with Crippen molar-refractivity contribution < 1.29 is 9.53 Å². The van der Waals surface area contributed by atoms with Gasteiger partial charge in [-0.25, -0.2) is 0 Å². The lowest BCUT2D eigenvalue weighted by Crippen LogP contribution is -2.36. The first kappa shape index (κ1) is 17.0. The number of benzene rings is 1. The van der Waals surface area contributed by atoms with Crippen molar-refractivity contribution in [3.05, 3.63) is 28.2 Å². The van der Waals surface area contributed by atoms with Crippen LogP contribution in [0.25, 0.3) is 0 Å². The highest BCUT2D eigenvalue weighted by Gasteiger charge is 2.11. The Kier molecular flexibility index (Phi) is 7.62. The van der Waals surface area contributed by atoms with Crippen molar-refractivity contribution in [1.82, 2.24) is 10.6 Å². The molecule has 0 saturated carbocycles. The molecule has 0 heterocycles. The summed E-state index contributed by atoms with van der Waals surface area (Å²) in [4.78, 5) is 11.8. The Morgan fingerprint density at radius 1 is 1.45 bits per heavy atom. The van der Waals surface area contributed by atoms with Crippen LogP contribution in [0, 0.1) is 0 Å². The third-order valence-corrected chi connectivity index (χ3v) is 3.52. The Balaban J connectivity index is 2.58. The molecule has 0 aliphatic rings. The summed E-state index contributed by atoms with van der Waals surface area (Å²) < 4.78 is 6.52. The zero-order chi connectivity index (χ0) is 15.0. The van der Waals surface area contributed by atoms with Gasteiger partial charge in [-0.05, 0) is 42.4 Å². The van der Waals surface area contributed by atoms with E-state index in [0.717, 1.165) is 28.6 Å². The molecule has 2 N–H and O–H groups in total. The molecule has 20 heavy (non-hydrogen) atoms. The number of halogens is 1. The monoisotopic (exact) mass is 342 g/mol. The molecule has 0 aromatic heterocycles. The number of carbonyl (C=O) groups excluding carboxylic acids is 1. The molecule has 1 unspecified atom stereocenters. The number of rotatable bonds is 8. The lowest BCUT2D eigenvalue weighted by molar-refractivity contribution is -0.123. The molecule has 1 aromatic rings. The summed E-state index contributed by atoms with van der Waals surface area (Å²) in [6.07, 6.45) is 2.03. The molecular formula is C15H23BrN2O2. The second-order valence-electron chi connectivity index (χ2n) is 4.80. The van der Waals surface area contributed by atoms with Crippen LogP contribution in [0.1, 0.15) is 32.3 Å². The molecule has 1 atom stereocenters. The first-order valence-corrected chi connectivity index (χ1v) is 7.71. The molecule has 5 heteroatoms. The van der Waals surface area contributed by atoms with Crippen LogP contribution in [0.5, 0.6) is 5.75 Å². The molecule has 4 nitrogen and oxygen atoms in total. The van der Waals surface area contributed by atoms with Crippen molar-refractivity contribution >= 4 is 21.8 Å². The number of hydrogen-bond acceptors (Lipinski definition) is 3. The number of ether oxygens (including phenoxy) is 1. The van der Waals surface area contributed by atoms with Crippen molar-refractivity contribution in [3.8, 4) is 5.75 Å². The Morgan fingerprint density at radius 3 is 2.85 bits per heavy atom. The van der Waals surface area contributed by atoms with Crippen LogP contribution >= 0.6 is 15.9 Å². The van der Waals surface area contributed by atoms with E-state index in [1.54, 1.807) is 0 Å². The molecule has 112 valence electrons. The van der Waals surface area contributed by atoms with Gasteiger partial charge in [-0.1, -0.05) is 25.5 Å². The quantitative estimate of drug-likeness (QED) is 0.763. The molecule has 0 saturated heterocycles. The summed E-state index contributed by atoms with van der Waals surface area (Å²) in [5.74, 6) is 0.636. The zero-order valence-corrected chi connectivity index (χ0v) is 13.9. The molecule has 0 aliphatic heterocycles.